The van der Waals surface area contributed by atoms with Crippen molar-refractivity contribution in [1.82, 2.24) is 0 Å². The van der Waals surface area contributed by atoms with Crippen molar-refractivity contribution in [2.45, 2.75) is 38.5 Å². The zero-order chi connectivity index (χ0) is 14.3. The van der Waals surface area contributed by atoms with Crippen LogP contribution < -0.4 is 10.6 Å². The molecule has 0 atom stereocenters. The van der Waals surface area contributed by atoms with Gasteiger partial charge in [0.2, 0.25) is 11.8 Å². The number of rotatable bonds is 1. The Balaban J connectivity index is 2.00. The van der Waals surface area contributed by atoms with Crippen molar-refractivity contribution >= 4 is 23.2 Å². The lowest BCUT2D eigenvalue weighted by molar-refractivity contribution is -0.127. The largest absolute Gasteiger partial charge is 0.397 e. The number of halogens is 1. The van der Waals surface area contributed by atoms with Crippen molar-refractivity contribution in [2.24, 2.45) is 5.41 Å². The van der Waals surface area contributed by atoms with Crippen molar-refractivity contribution < 1.29 is 14.0 Å². The third kappa shape index (κ3) is 1.88. The van der Waals surface area contributed by atoms with Crippen molar-refractivity contribution in [1.29, 1.82) is 0 Å². The zero-order valence-corrected chi connectivity index (χ0v) is 11.2. The molecule has 2 aliphatic rings. The molecule has 1 heterocycles. The molecule has 1 aliphatic heterocycles. The molecule has 1 aromatic rings. The summed E-state index contributed by atoms with van der Waals surface area (Å²) in [6.07, 6.45) is 4.73. The number of imide groups is 1. The second kappa shape index (κ2) is 4.58. The normalized spacial score (nSPS) is 21.8. The molecule has 2 N–H and O–H groups in total. The van der Waals surface area contributed by atoms with Crippen LogP contribution in [0.4, 0.5) is 15.8 Å². The van der Waals surface area contributed by atoms with Crippen molar-refractivity contribution in [2.75, 3.05) is 10.6 Å². The number of anilines is 2. The van der Waals surface area contributed by atoms with Gasteiger partial charge >= 0.3 is 0 Å². The molecule has 0 radical (unpaired) electrons. The maximum atomic E-state index is 13.4. The molecule has 5 heteroatoms. The fraction of sp³-hybridized carbons (Fsp3) is 0.467. The van der Waals surface area contributed by atoms with Gasteiger partial charge in [-0.2, -0.15) is 0 Å². The molecule has 3 rings (SSSR count). The molecule has 0 unspecified atom stereocenters. The minimum atomic E-state index is -0.575. The minimum absolute atomic E-state index is 0.183. The van der Waals surface area contributed by atoms with E-state index in [4.69, 9.17) is 5.73 Å². The van der Waals surface area contributed by atoms with Crippen LogP contribution in [0.15, 0.2) is 18.2 Å². The smallest absolute Gasteiger partial charge is 0.240 e. The number of nitrogens with two attached hydrogens (primary N) is 1. The topological polar surface area (TPSA) is 63.4 Å². The van der Waals surface area contributed by atoms with Gasteiger partial charge in [0.05, 0.1) is 16.8 Å². The molecule has 1 aliphatic carbocycles. The van der Waals surface area contributed by atoms with E-state index < -0.39 is 11.2 Å². The van der Waals surface area contributed by atoms with Gasteiger partial charge in [0.15, 0.2) is 0 Å². The highest BCUT2D eigenvalue weighted by Gasteiger charge is 2.52. The highest BCUT2D eigenvalue weighted by Crippen LogP contribution is 2.47. The average Bonchev–Trinajstić information content (AvgIpc) is 2.65. The van der Waals surface area contributed by atoms with Crippen LogP contribution in [0, 0.1) is 11.2 Å². The monoisotopic (exact) mass is 276 g/mol. The predicted octanol–water partition coefficient (Wildman–Crippen LogP) is 2.62. The lowest BCUT2D eigenvalue weighted by Gasteiger charge is -2.30. The Bertz CT molecular complexity index is 579. The second-order valence-electron chi connectivity index (χ2n) is 5.76. The first-order chi connectivity index (χ1) is 9.53. The van der Waals surface area contributed by atoms with E-state index in [1.165, 1.54) is 12.1 Å². The van der Waals surface area contributed by atoms with Crippen LogP contribution in [-0.2, 0) is 9.59 Å². The number of amides is 2. The Morgan fingerprint density at radius 3 is 2.55 bits per heavy atom. The molecular weight excluding hydrogens is 259 g/mol. The fourth-order valence-electron chi connectivity index (χ4n) is 3.37. The van der Waals surface area contributed by atoms with Gasteiger partial charge in [0, 0.05) is 12.5 Å². The first-order valence-corrected chi connectivity index (χ1v) is 6.96. The van der Waals surface area contributed by atoms with Gasteiger partial charge in [-0.05, 0) is 25.0 Å². The third-order valence-electron chi connectivity index (χ3n) is 4.44. The van der Waals surface area contributed by atoms with E-state index in [-0.39, 0.29) is 29.6 Å². The van der Waals surface area contributed by atoms with Crippen LogP contribution in [0.25, 0.3) is 0 Å². The first-order valence-electron chi connectivity index (χ1n) is 6.96. The minimum Gasteiger partial charge on any atom is -0.397 e. The van der Waals surface area contributed by atoms with E-state index in [2.05, 4.69) is 0 Å². The van der Waals surface area contributed by atoms with Gasteiger partial charge < -0.3 is 5.73 Å². The molecule has 2 fully saturated rings. The Morgan fingerprint density at radius 1 is 1.15 bits per heavy atom. The predicted molar refractivity (Wildman–Crippen MR) is 73.4 cm³/mol. The van der Waals surface area contributed by atoms with E-state index in [1.807, 2.05) is 0 Å². The average molecular weight is 276 g/mol. The highest BCUT2D eigenvalue weighted by molar-refractivity contribution is 6.23. The third-order valence-corrected chi connectivity index (χ3v) is 4.44. The molecule has 1 aromatic carbocycles. The van der Waals surface area contributed by atoms with E-state index in [0.29, 0.717) is 0 Å². The molecule has 20 heavy (non-hydrogen) atoms. The van der Waals surface area contributed by atoms with Gasteiger partial charge in [-0.25, -0.2) is 9.29 Å². The molecule has 1 spiro atoms. The first kappa shape index (κ1) is 13.1. The highest BCUT2D eigenvalue weighted by atomic mass is 19.1. The quantitative estimate of drug-likeness (QED) is 0.633. The number of nitrogens with zero attached hydrogens (tertiary/aromatic N) is 1. The Hall–Kier alpha value is -1.91. The summed E-state index contributed by atoms with van der Waals surface area (Å²) in [5, 5.41) is 0. The summed E-state index contributed by atoms with van der Waals surface area (Å²) in [5.41, 5.74) is 5.66. The summed E-state index contributed by atoms with van der Waals surface area (Å²) in [6.45, 7) is 0. The fourth-order valence-corrected chi connectivity index (χ4v) is 3.37. The maximum absolute atomic E-state index is 13.4. The van der Waals surface area contributed by atoms with Crippen LogP contribution in [0.5, 0.6) is 0 Å². The Kier molecular flexibility index (Phi) is 3.00. The molecule has 4 nitrogen and oxygen atoms in total. The number of benzene rings is 1. The van der Waals surface area contributed by atoms with Gasteiger partial charge in [0.1, 0.15) is 5.82 Å². The van der Waals surface area contributed by atoms with Crippen molar-refractivity contribution in [3.8, 4) is 0 Å². The second-order valence-corrected chi connectivity index (χ2v) is 5.76. The Labute approximate surface area is 116 Å². The molecule has 0 bridgehead atoms. The molecule has 1 saturated carbocycles. The summed E-state index contributed by atoms with van der Waals surface area (Å²) >= 11 is 0. The van der Waals surface area contributed by atoms with Crippen LogP contribution in [0.3, 0.4) is 0 Å². The van der Waals surface area contributed by atoms with E-state index >= 15 is 0 Å². The van der Waals surface area contributed by atoms with Crippen LogP contribution in [0.2, 0.25) is 0 Å². The molecule has 0 aromatic heterocycles. The summed E-state index contributed by atoms with van der Waals surface area (Å²) in [7, 11) is 0. The number of hydrogen-bond donors (Lipinski definition) is 1. The molecule has 1 saturated heterocycles. The van der Waals surface area contributed by atoms with Crippen LogP contribution in [0.1, 0.15) is 38.5 Å². The maximum Gasteiger partial charge on any atom is 0.240 e. The Morgan fingerprint density at radius 2 is 1.85 bits per heavy atom. The summed E-state index contributed by atoms with van der Waals surface area (Å²) in [4.78, 5) is 26.0. The van der Waals surface area contributed by atoms with E-state index in [0.717, 1.165) is 43.1 Å². The zero-order valence-electron chi connectivity index (χ0n) is 11.2. The van der Waals surface area contributed by atoms with Gasteiger partial charge in [-0.1, -0.05) is 19.3 Å². The number of carbonyl (C=O) groups is 2. The lowest BCUT2D eigenvalue weighted by Crippen LogP contribution is -2.37. The molecule has 106 valence electrons. The van der Waals surface area contributed by atoms with Gasteiger partial charge in [0.25, 0.3) is 0 Å². The van der Waals surface area contributed by atoms with Gasteiger partial charge in [-0.3, -0.25) is 9.59 Å². The van der Waals surface area contributed by atoms with Crippen LogP contribution >= 0.6 is 0 Å². The van der Waals surface area contributed by atoms with E-state index in [1.54, 1.807) is 0 Å². The summed E-state index contributed by atoms with van der Waals surface area (Å²) in [6, 6.07) is 3.77. The molecule has 2 amide bonds. The SMILES string of the molecule is Nc1ccc(F)cc1N1C(=O)CC2(CCCCC2)C1=O. The molecular formula is C15H17FN2O2. The van der Waals surface area contributed by atoms with E-state index in [9.17, 15) is 14.0 Å². The number of hydrogen-bond acceptors (Lipinski definition) is 3. The van der Waals surface area contributed by atoms with Gasteiger partial charge in [-0.15, -0.1) is 0 Å². The lowest BCUT2D eigenvalue weighted by atomic mass is 9.73. The van der Waals surface area contributed by atoms with Crippen LogP contribution in [-0.4, -0.2) is 11.8 Å². The summed E-state index contributed by atoms with van der Waals surface area (Å²) < 4.78 is 13.4. The summed E-state index contributed by atoms with van der Waals surface area (Å²) in [5.74, 6) is -0.979. The number of nitrogen functional groups attached to an aromatic ring is 1. The van der Waals surface area contributed by atoms with Crippen molar-refractivity contribution in [3.63, 3.8) is 0 Å². The number of carbonyl (C=O) groups excluding carboxylic acids is 2. The standard InChI is InChI=1S/C15H17FN2O2/c16-10-4-5-11(17)12(8-10)18-13(19)9-15(14(18)20)6-2-1-3-7-15/h4-5,8H,1-3,6-7,9,17H2. The van der Waals surface area contributed by atoms with Crippen molar-refractivity contribution in [3.05, 3.63) is 24.0 Å².